The minimum Gasteiger partial charge on any atom is -0.394 e. The Kier molecular flexibility index (Phi) is 3.37. The Balaban J connectivity index is 2.40. The Morgan fingerprint density at radius 3 is 2.40 bits per heavy atom. The second kappa shape index (κ2) is 4.73. The van der Waals surface area contributed by atoms with Crippen molar-refractivity contribution in [2.75, 3.05) is 11.1 Å². The molecule has 0 saturated carbocycles. The smallest absolute Gasteiger partial charge is 0.394 e. The third-order valence-corrected chi connectivity index (χ3v) is 3.07. The lowest BCUT2D eigenvalue weighted by molar-refractivity contribution is -0.138. The number of alkyl halides is 3. The summed E-state index contributed by atoms with van der Waals surface area (Å²) in [4.78, 5) is 0. The third-order valence-electron chi connectivity index (χ3n) is 3.07. The molecule has 1 aromatic carbocycles. The van der Waals surface area contributed by atoms with Crippen LogP contribution in [-0.2, 0) is 13.2 Å². The van der Waals surface area contributed by atoms with Crippen molar-refractivity contribution in [3.05, 3.63) is 35.0 Å². The zero-order chi connectivity index (χ0) is 15.1. The first-order valence-corrected chi connectivity index (χ1v) is 5.94. The zero-order valence-electron chi connectivity index (χ0n) is 11.3. The molecule has 1 aromatic heterocycles. The molecule has 2 rings (SSSR count). The standard InChI is InChI=1S/C13H15F3N4/c1-7-4-5-9(6-10(7)13(14,15)16)18-12-11(17)8(2)19-20(12)3/h4-6,18H,17H2,1-3H3. The predicted molar refractivity (Wildman–Crippen MR) is 71.8 cm³/mol. The summed E-state index contributed by atoms with van der Waals surface area (Å²) < 4.78 is 40.1. The van der Waals surface area contributed by atoms with Crippen LogP contribution in [0.1, 0.15) is 16.8 Å². The molecule has 0 radical (unpaired) electrons. The van der Waals surface area contributed by atoms with Gasteiger partial charge in [-0.05, 0) is 31.5 Å². The lowest BCUT2D eigenvalue weighted by Crippen LogP contribution is -2.09. The second-order valence-corrected chi connectivity index (χ2v) is 4.62. The maximum Gasteiger partial charge on any atom is 0.416 e. The number of hydrogen-bond donors (Lipinski definition) is 2. The van der Waals surface area contributed by atoms with Crippen LogP contribution < -0.4 is 11.1 Å². The molecule has 2 aromatic rings. The first kappa shape index (κ1) is 14.2. The maximum absolute atomic E-state index is 12.9. The summed E-state index contributed by atoms with van der Waals surface area (Å²) in [6, 6.07) is 4.06. The van der Waals surface area contributed by atoms with Gasteiger partial charge in [0.2, 0.25) is 0 Å². The summed E-state index contributed by atoms with van der Waals surface area (Å²) >= 11 is 0. The van der Waals surface area contributed by atoms with Crippen LogP contribution in [0.3, 0.4) is 0 Å². The molecule has 0 spiro atoms. The van der Waals surface area contributed by atoms with E-state index in [4.69, 9.17) is 5.73 Å². The average Bonchev–Trinajstić information content (AvgIpc) is 2.57. The van der Waals surface area contributed by atoms with E-state index in [2.05, 4.69) is 10.4 Å². The van der Waals surface area contributed by atoms with E-state index in [9.17, 15) is 13.2 Å². The van der Waals surface area contributed by atoms with Gasteiger partial charge in [0.15, 0.2) is 5.82 Å². The van der Waals surface area contributed by atoms with Gasteiger partial charge in [-0.2, -0.15) is 18.3 Å². The van der Waals surface area contributed by atoms with Gasteiger partial charge in [0.25, 0.3) is 0 Å². The zero-order valence-corrected chi connectivity index (χ0v) is 11.3. The predicted octanol–water partition coefficient (Wildman–Crippen LogP) is 3.38. The highest BCUT2D eigenvalue weighted by Crippen LogP contribution is 2.34. The van der Waals surface area contributed by atoms with E-state index in [-0.39, 0.29) is 5.56 Å². The van der Waals surface area contributed by atoms with Gasteiger partial charge in [-0.1, -0.05) is 6.07 Å². The molecule has 0 fully saturated rings. The number of aromatic nitrogens is 2. The van der Waals surface area contributed by atoms with Gasteiger partial charge < -0.3 is 11.1 Å². The van der Waals surface area contributed by atoms with Gasteiger partial charge in [-0.3, -0.25) is 4.68 Å². The number of nitrogen functional groups attached to an aromatic ring is 1. The summed E-state index contributed by atoms with van der Waals surface area (Å²) in [7, 11) is 1.67. The van der Waals surface area contributed by atoms with Crippen LogP contribution in [0, 0.1) is 13.8 Å². The SMILES string of the molecule is Cc1ccc(Nc2c(N)c(C)nn2C)cc1C(F)(F)F. The molecule has 0 amide bonds. The van der Waals surface area contributed by atoms with Gasteiger partial charge in [0.05, 0.1) is 16.9 Å². The fourth-order valence-electron chi connectivity index (χ4n) is 1.96. The van der Waals surface area contributed by atoms with Gasteiger partial charge in [0, 0.05) is 12.7 Å². The third kappa shape index (κ3) is 2.56. The number of aryl methyl sites for hydroxylation is 3. The molecule has 20 heavy (non-hydrogen) atoms. The number of nitrogens with two attached hydrogens (primary N) is 1. The van der Waals surface area contributed by atoms with Crippen molar-refractivity contribution >= 4 is 17.2 Å². The summed E-state index contributed by atoms with van der Waals surface area (Å²) in [6.45, 7) is 3.16. The van der Waals surface area contributed by atoms with Crippen LogP contribution in [0.15, 0.2) is 18.2 Å². The molecular weight excluding hydrogens is 269 g/mol. The Hall–Kier alpha value is -2.18. The quantitative estimate of drug-likeness (QED) is 0.888. The van der Waals surface area contributed by atoms with E-state index in [1.807, 2.05) is 0 Å². The van der Waals surface area contributed by atoms with Gasteiger partial charge >= 0.3 is 6.18 Å². The van der Waals surface area contributed by atoms with E-state index in [0.29, 0.717) is 22.9 Å². The highest BCUT2D eigenvalue weighted by atomic mass is 19.4. The van der Waals surface area contributed by atoms with Crippen molar-refractivity contribution < 1.29 is 13.2 Å². The van der Waals surface area contributed by atoms with Crippen LogP contribution in [-0.4, -0.2) is 9.78 Å². The second-order valence-electron chi connectivity index (χ2n) is 4.62. The molecule has 3 N–H and O–H groups in total. The van der Waals surface area contributed by atoms with Gasteiger partial charge in [0.1, 0.15) is 0 Å². The van der Waals surface area contributed by atoms with Crippen molar-refractivity contribution in [1.29, 1.82) is 0 Å². The summed E-state index contributed by atoms with van der Waals surface area (Å²) in [5, 5.41) is 6.98. The fourth-order valence-corrected chi connectivity index (χ4v) is 1.96. The fraction of sp³-hybridized carbons (Fsp3) is 0.308. The average molecular weight is 284 g/mol. The minimum absolute atomic E-state index is 0.178. The molecule has 0 atom stereocenters. The lowest BCUT2D eigenvalue weighted by atomic mass is 10.1. The highest BCUT2D eigenvalue weighted by molar-refractivity contribution is 5.71. The van der Waals surface area contributed by atoms with Gasteiger partial charge in [-0.25, -0.2) is 0 Å². The molecule has 4 nitrogen and oxygen atoms in total. The molecule has 0 unspecified atom stereocenters. The molecule has 0 aliphatic heterocycles. The summed E-state index contributed by atoms with van der Waals surface area (Å²) in [6.07, 6.45) is -4.38. The Labute approximate surface area is 114 Å². The molecule has 7 heteroatoms. The van der Waals surface area contributed by atoms with E-state index in [0.717, 1.165) is 6.07 Å². The van der Waals surface area contributed by atoms with Crippen molar-refractivity contribution in [3.8, 4) is 0 Å². The van der Waals surface area contributed by atoms with Crippen LogP contribution >= 0.6 is 0 Å². The number of hydrogen-bond acceptors (Lipinski definition) is 3. The normalized spacial score (nSPS) is 11.7. The van der Waals surface area contributed by atoms with E-state index in [1.165, 1.54) is 17.7 Å². The molecule has 108 valence electrons. The molecule has 0 aliphatic carbocycles. The summed E-state index contributed by atoms with van der Waals surface area (Å²) in [5.41, 5.74) is 6.71. The molecular formula is C13H15F3N4. The van der Waals surface area contributed by atoms with E-state index < -0.39 is 11.7 Å². The lowest BCUT2D eigenvalue weighted by Gasteiger charge is -2.13. The maximum atomic E-state index is 12.9. The monoisotopic (exact) mass is 284 g/mol. The number of benzene rings is 1. The number of halogens is 3. The van der Waals surface area contributed by atoms with Crippen LogP contribution in [0.5, 0.6) is 0 Å². The molecule has 1 heterocycles. The first-order chi connectivity index (χ1) is 9.20. The van der Waals surface area contributed by atoms with Crippen molar-refractivity contribution in [1.82, 2.24) is 9.78 Å². The van der Waals surface area contributed by atoms with Crippen LogP contribution in [0.2, 0.25) is 0 Å². The first-order valence-electron chi connectivity index (χ1n) is 5.94. The Bertz CT molecular complexity index is 644. The Morgan fingerprint density at radius 2 is 1.90 bits per heavy atom. The number of rotatable bonds is 2. The Morgan fingerprint density at radius 1 is 1.25 bits per heavy atom. The molecule has 0 bridgehead atoms. The van der Waals surface area contributed by atoms with Crippen molar-refractivity contribution in [2.24, 2.45) is 7.05 Å². The van der Waals surface area contributed by atoms with Crippen molar-refractivity contribution in [3.63, 3.8) is 0 Å². The van der Waals surface area contributed by atoms with Gasteiger partial charge in [-0.15, -0.1) is 0 Å². The van der Waals surface area contributed by atoms with Crippen LogP contribution in [0.4, 0.5) is 30.4 Å². The minimum atomic E-state index is -4.38. The van der Waals surface area contributed by atoms with Crippen molar-refractivity contribution in [2.45, 2.75) is 20.0 Å². The van der Waals surface area contributed by atoms with Crippen LogP contribution in [0.25, 0.3) is 0 Å². The number of anilines is 3. The highest BCUT2D eigenvalue weighted by Gasteiger charge is 2.32. The number of nitrogens with zero attached hydrogens (tertiary/aromatic N) is 2. The van der Waals surface area contributed by atoms with E-state index in [1.54, 1.807) is 20.0 Å². The topological polar surface area (TPSA) is 55.9 Å². The number of nitrogens with one attached hydrogen (secondary N) is 1. The van der Waals surface area contributed by atoms with E-state index >= 15 is 0 Å². The summed E-state index contributed by atoms with van der Waals surface area (Å²) in [5.74, 6) is 0.472. The largest absolute Gasteiger partial charge is 0.416 e. The molecule has 0 saturated heterocycles. The molecule has 0 aliphatic rings.